The van der Waals surface area contributed by atoms with Gasteiger partial charge in [0.2, 0.25) is 5.91 Å². The Kier molecular flexibility index (Phi) is 4.93. The van der Waals surface area contributed by atoms with Gasteiger partial charge in [0.25, 0.3) is 0 Å². The summed E-state index contributed by atoms with van der Waals surface area (Å²) in [6, 6.07) is 20.0. The highest BCUT2D eigenvalue weighted by molar-refractivity contribution is 5.85. The van der Waals surface area contributed by atoms with Gasteiger partial charge < -0.3 is 10.3 Å². The summed E-state index contributed by atoms with van der Waals surface area (Å²) in [7, 11) is 0. The minimum Gasteiger partial charge on any atom is -0.361 e. The highest BCUT2D eigenvalue weighted by atomic mass is 16.1. The van der Waals surface area contributed by atoms with Crippen LogP contribution in [-0.2, 0) is 17.6 Å². The maximum Gasteiger partial charge on any atom is 0.237 e. The van der Waals surface area contributed by atoms with Gasteiger partial charge in [0.15, 0.2) is 0 Å². The molecule has 0 radical (unpaired) electrons. The minimum absolute atomic E-state index is 0.207. The number of fused-ring (bicyclic) bond motifs is 1. The highest BCUT2D eigenvalue weighted by Crippen LogP contribution is 2.20. The summed E-state index contributed by atoms with van der Waals surface area (Å²) in [5.74, 6) is -0.887. The average Bonchev–Trinajstić information content (AvgIpc) is 3.10. The van der Waals surface area contributed by atoms with E-state index in [1.165, 1.54) is 5.56 Å². The molecule has 3 aromatic rings. The summed E-state index contributed by atoms with van der Waals surface area (Å²) in [5, 5.41) is 13.3. The van der Waals surface area contributed by atoms with E-state index in [1.807, 2.05) is 60.8 Å². The molecule has 4 nitrogen and oxygen atoms in total. The quantitative estimate of drug-likeness (QED) is 0.733. The second-order valence-electron chi connectivity index (χ2n) is 5.77. The van der Waals surface area contributed by atoms with Crippen molar-refractivity contribution in [1.29, 1.82) is 5.26 Å². The van der Waals surface area contributed by atoms with Crippen LogP contribution >= 0.6 is 0 Å². The Balaban J connectivity index is 1.60. The maximum absolute atomic E-state index is 12.3. The van der Waals surface area contributed by atoms with Gasteiger partial charge in [0, 0.05) is 23.6 Å². The molecule has 0 saturated heterocycles. The molecule has 0 aliphatic rings. The number of hydrogen-bond donors (Lipinski definition) is 2. The van der Waals surface area contributed by atoms with Crippen LogP contribution in [0.3, 0.4) is 0 Å². The number of H-pyrrole nitrogens is 1. The number of nitriles is 1. The fraction of sp³-hybridized carbons (Fsp3) is 0.200. The number of carbonyl (C=O) groups excluding carboxylic acids is 1. The summed E-state index contributed by atoms with van der Waals surface area (Å²) >= 11 is 0. The third-order valence-electron chi connectivity index (χ3n) is 4.14. The van der Waals surface area contributed by atoms with Crippen molar-refractivity contribution in [1.82, 2.24) is 10.3 Å². The van der Waals surface area contributed by atoms with Crippen LogP contribution < -0.4 is 5.32 Å². The summed E-state index contributed by atoms with van der Waals surface area (Å²) in [4.78, 5) is 15.5. The number of rotatable bonds is 6. The topological polar surface area (TPSA) is 68.7 Å². The first-order chi connectivity index (χ1) is 11.8. The van der Waals surface area contributed by atoms with E-state index in [-0.39, 0.29) is 5.91 Å². The highest BCUT2D eigenvalue weighted by Gasteiger charge is 2.19. The molecule has 0 saturated carbocycles. The van der Waals surface area contributed by atoms with Crippen LogP contribution in [-0.4, -0.2) is 17.4 Å². The first-order valence-corrected chi connectivity index (χ1v) is 8.04. The number of nitrogens with zero attached hydrogens (tertiary/aromatic N) is 1. The number of amides is 1. The van der Waals surface area contributed by atoms with E-state index in [2.05, 4.69) is 16.4 Å². The fourth-order valence-electron chi connectivity index (χ4n) is 2.84. The second-order valence-corrected chi connectivity index (χ2v) is 5.77. The molecular weight excluding hydrogens is 298 g/mol. The van der Waals surface area contributed by atoms with Gasteiger partial charge >= 0.3 is 0 Å². The molecule has 24 heavy (non-hydrogen) atoms. The first kappa shape index (κ1) is 15.8. The van der Waals surface area contributed by atoms with Crippen LogP contribution in [0.4, 0.5) is 0 Å². The van der Waals surface area contributed by atoms with Crippen molar-refractivity contribution in [2.24, 2.45) is 5.92 Å². The van der Waals surface area contributed by atoms with Crippen molar-refractivity contribution >= 4 is 16.8 Å². The lowest BCUT2D eigenvalue weighted by Crippen LogP contribution is -2.32. The molecule has 0 bridgehead atoms. The lowest BCUT2D eigenvalue weighted by molar-refractivity contribution is -0.123. The Morgan fingerprint density at radius 2 is 1.96 bits per heavy atom. The molecule has 0 aliphatic heterocycles. The number of aromatic amines is 1. The summed E-state index contributed by atoms with van der Waals surface area (Å²) < 4.78 is 0. The summed E-state index contributed by atoms with van der Waals surface area (Å²) in [5.41, 5.74) is 3.20. The standard InChI is InChI=1S/C20H19N3O/c21-14-17(13-16-7-4-8-19-18(16)10-12-22-19)20(24)23-11-9-15-5-2-1-3-6-15/h1-8,10,12,17,22H,9,11,13H2,(H,23,24). The Hall–Kier alpha value is -3.06. The van der Waals surface area contributed by atoms with E-state index in [0.29, 0.717) is 13.0 Å². The van der Waals surface area contributed by atoms with E-state index in [9.17, 15) is 10.1 Å². The molecule has 1 heterocycles. The summed E-state index contributed by atoms with van der Waals surface area (Å²) in [6.07, 6.45) is 3.05. The lowest BCUT2D eigenvalue weighted by atomic mass is 9.97. The van der Waals surface area contributed by atoms with Gasteiger partial charge in [-0.2, -0.15) is 5.26 Å². The zero-order valence-corrected chi connectivity index (χ0v) is 13.3. The third kappa shape index (κ3) is 3.64. The van der Waals surface area contributed by atoms with Gasteiger partial charge in [-0.25, -0.2) is 0 Å². The molecule has 0 fully saturated rings. The molecular formula is C20H19N3O. The zero-order valence-electron chi connectivity index (χ0n) is 13.3. The number of nitrogens with one attached hydrogen (secondary N) is 2. The molecule has 4 heteroatoms. The van der Waals surface area contributed by atoms with E-state index >= 15 is 0 Å². The molecule has 1 aromatic heterocycles. The van der Waals surface area contributed by atoms with E-state index < -0.39 is 5.92 Å². The number of hydrogen-bond acceptors (Lipinski definition) is 2. The third-order valence-corrected chi connectivity index (χ3v) is 4.14. The molecule has 2 N–H and O–H groups in total. The number of aromatic nitrogens is 1. The minimum atomic E-state index is -0.679. The predicted octanol–water partition coefficient (Wildman–Crippen LogP) is 3.21. The fourth-order valence-corrected chi connectivity index (χ4v) is 2.84. The zero-order chi connectivity index (χ0) is 16.8. The van der Waals surface area contributed by atoms with Crippen molar-refractivity contribution in [3.8, 4) is 6.07 Å². The molecule has 120 valence electrons. The van der Waals surface area contributed by atoms with E-state index in [4.69, 9.17) is 0 Å². The lowest BCUT2D eigenvalue weighted by Gasteiger charge is -2.11. The van der Waals surface area contributed by atoms with Gasteiger partial charge in [-0.05, 0) is 36.1 Å². The predicted molar refractivity (Wildman–Crippen MR) is 94.3 cm³/mol. The van der Waals surface area contributed by atoms with Gasteiger partial charge in [-0.15, -0.1) is 0 Å². The maximum atomic E-state index is 12.3. The van der Waals surface area contributed by atoms with Gasteiger partial charge in [-0.3, -0.25) is 4.79 Å². The van der Waals surface area contributed by atoms with E-state index in [0.717, 1.165) is 22.9 Å². The van der Waals surface area contributed by atoms with Crippen molar-refractivity contribution < 1.29 is 4.79 Å². The smallest absolute Gasteiger partial charge is 0.237 e. The Morgan fingerprint density at radius 3 is 2.75 bits per heavy atom. The van der Waals surface area contributed by atoms with E-state index in [1.54, 1.807) is 0 Å². The van der Waals surface area contributed by atoms with Crippen LogP contribution in [0.5, 0.6) is 0 Å². The SMILES string of the molecule is N#CC(Cc1cccc2[nH]ccc12)C(=O)NCCc1ccccc1. The monoisotopic (exact) mass is 317 g/mol. The Bertz CT molecular complexity index is 861. The van der Waals surface area contributed by atoms with Gasteiger partial charge in [0.05, 0.1) is 6.07 Å². The molecule has 1 atom stereocenters. The largest absolute Gasteiger partial charge is 0.361 e. The average molecular weight is 317 g/mol. The van der Waals surface area contributed by atoms with Crippen molar-refractivity contribution in [2.75, 3.05) is 6.54 Å². The van der Waals surface area contributed by atoms with Crippen molar-refractivity contribution in [3.63, 3.8) is 0 Å². The van der Waals surface area contributed by atoms with Crippen LogP contribution in [0.25, 0.3) is 10.9 Å². The Morgan fingerprint density at radius 1 is 1.12 bits per heavy atom. The molecule has 3 rings (SSSR count). The van der Waals surface area contributed by atoms with Crippen LogP contribution in [0.1, 0.15) is 11.1 Å². The number of benzene rings is 2. The molecule has 1 amide bonds. The Labute approximate surface area is 141 Å². The van der Waals surface area contributed by atoms with Crippen molar-refractivity contribution in [2.45, 2.75) is 12.8 Å². The first-order valence-electron chi connectivity index (χ1n) is 8.04. The summed E-state index contributed by atoms with van der Waals surface area (Å²) in [6.45, 7) is 0.537. The number of carbonyl (C=O) groups is 1. The molecule has 1 unspecified atom stereocenters. The van der Waals surface area contributed by atoms with Gasteiger partial charge in [-0.1, -0.05) is 42.5 Å². The molecule has 0 spiro atoms. The van der Waals surface area contributed by atoms with Crippen molar-refractivity contribution in [3.05, 3.63) is 71.9 Å². The normalized spacial score (nSPS) is 11.8. The van der Waals surface area contributed by atoms with Crippen LogP contribution in [0, 0.1) is 17.2 Å². The van der Waals surface area contributed by atoms with Crippen LogP contribution in [0.15, 0.2) is 60.8 Å². The van der Waals surface area contributed by atoms with Gasteiger partial charge in [0.1, 0.15) is 5.92 Å². The second kappa shape index (κ2) is 7.47. The van der Waals surface area contributed by atoms with Crippen LogP contribution in [0.2, 0.25) is 0 Å². The molecule has 2 aromatic carbocycles. The molecule has 0 aliphatic carbocycles.